The third-order valence-electron chi connectivity index (χ3n) is 3.18. The average Bonchev–Trinajstić information content (AvgIpc) is 2.37. The summed E-state index contributed by atoms with van der Waals surface area (Å²) < 4.78 is 0. The molecule has 1 rings (SSSR count). The van der Waals surface area contributed by atoms with Gasteiger partial charge in [0, 0.05) is 12.6 Å². The fraction of sp³-hybridized carbons (Fsp3) is 0.500. The summed E-state index contributed by atoms with van der Waals surface area (Å²) in [6, 6.07) is 6.42. The molecule has 0 radical (unpaired) electrons. The van der Waals surface area contributed by atoms with E-state index in [1.807, 2.05) is 25.9 Å². The Kier molecular flexibility index (Phi) is 5.79. The number of aromatic hydroxyl groups is 1. The van der Waals surface area contributed by atoms with Gasteiger partial charge in [-0.25, -0.2) is 0 Å². The van der Waals surface area contributed by atoms with Crippen molar-refractivity contribution in [2.45, 2.75) is 25.4 Å². The molecular weight excluding hydrogens is 242 g/mol. The third-order valence-corrected chi connectivity index (χ3v) is 3.18. The van der Waals surface area contributed by atoms with Crippen LogP contribution in [-0.2, 0) is 11.2 Å². The molecule has 0 heterocycles. The highest BCUT2D eigenvalue weighted by Crippen LogP contribution is 2.10. The van der Waals surface area contributed by atoms with Crippen LogP contribution in [-0.4, -0.2) is 48.6 Å². The largest absolute Gasteiger partial charge is 0.508 e. The molecule has 0 fully saturated rings. The number of nitrogens with zero attached hydrogens (tertiary/aromatic N) is 1. The van der Waals surface area contributed by atoms with Gasteiger partial charge in [0.2, 0.25) is 5.91 Å². The van der Waals surface area contributed by atoms with Crippen molar-refractivity contribution < 1.29 is 9.90 Å². The number of likely N-dealkylation sites (N-methyl/N-ethyl adjacent to an activating group) is 1. The summed E-state index contributed by atoms with van der Waals surface area (Å²) in [5, 5.41) is 12.0. The molecule has 0 aliphatic heterocycles. The zero-order valence-electron chi connectivity index (χ0n) is 11.8. The molecule has 1 unspecified atom stereocenters. The lowest BCUT2D eigenvalue weighted by atomic mass is 10.1. The molecule has 0 saturated carbocycles. The first kappa shape index (κ1) is 15.5. The summed E-state index contributed by atoms with van der Waals surface area (Å²) in [5.74, 6) is 0.0587. The van der Waals surface area contributed by atoms with Crippen molar-refractivity contribution in [3.05, 3.63) is 29.8 Å². The Hall–Kier alpha value is -1.59. The summed E-state index contributed by atoms with van der Waals surface area (Å²) in [4.78, 5) is 13.9. The van der Waals surface area contributed by atoms with E-state index >= 15 is 0 Å². The molecule has 1 aromatic rings. The number of hydrogen-bond donors (Lipinski definition) is 3. The van der Waals surface area contributed by atoms with Crippen molar-refractivity contribution in [3.8, 4) is 5.75 Å². The van der Waals surface area contributed by atoms with Crippen molar-refractivity contribution in [3.63, 3.8) is 0 Å². The Labute approximate surface area is 114 Å². The number of nitrogens with two attached hydrogens (primary N) is 1. The highest BCUT2D eigenvalue weighted by Gasteiger charge is 2.15. The quantitative estimate of drug-likeness (QED) is 0.692. The Balaban J connectivity index is 2.42. The highest BCUT2D eigenvalue weighted by atomic mass is 16.3. The summed E-state index contributed by atoms with van der Waals surface area (Å²) in [6.45, 7) is 2.61. The Morgan fingerprint density at radius 3 is 2.47 bits per heavy atom. The number of benzene rings is 1. The maximum Gasteiger partial charge on any atom is 0.237 e. The minimum absolute atomic E-state index is 0.151. The molecule has 1 amide bonds. The van der Waals surface area contributed by atoms with E-state index in [4.69, 9.17) is 5.73 Å². The van der Waals surface area contributed by atoms with Gasteiger partial charge in [-0.05, 0) is 45.1 Å². The number of rotatable bonds is 6. The lowest BCUT2D eigenvalue weighted by Gasteiger charge is -2.21. The van der Waals surface area contributed by atoms with Crippen LogP contribution in [0.4, 0.5) is 0 Å². The highest BCUT2D eigenvalue weighted by molar-refractivity contribution is 5.81. The van der Waals surface area contributed by atoms with Crippen molar-refractivity contribution in [1.29, 1.82) is 0 Å². The standard InChI is InChI=1S/C14H23N3O2/c1-10(17(2)3)9-16-14(19)13(15)8-11-4-6-12(18)7-5-11/h4-7,10,13,18H,8-9,15H2,1-3H3,(H,16,19)/t10?,13-/m0/s1. The number of phenolic OH excluding ortho intramolecular Hbond substituents is 1. The number of carbonyl (C=O) groups excluding carboxylic acids is 1. The van der Waals surface area contributed by atoms with Gasteiger partial charge in [-0.3, -0.25) is 4.79 Å². The minimum atomic E-state index is -0.570. The topological polar surface area (TPSA) is 78.6 Å². The summed E-state index contributed by atoms with van der Waals surface area (Å²) >= 11 is 0. The second kappa shape index (κ2) is 7.11. The fourth-order valence-corrected chi connectivity index (χ4v) is 1.54. The summed E-state index contributed by atoms with van der Waals surface area (Å²) in [7, 11) is 3.93. The van der Waals surface area contributed by atoms with Crippen LogP contribution >= 0.6 is 0 Å². The van der Waals surface area contributed by atoms with Crippen LogP contribution < -0.4 is 11.1 Å². The molecule has 1 aromatic carbocycles. The molecule has 106 valence electrons. The molecule has 0 saturated heterocycles. The molecule has 0 aliphatic rings. The number of phenols is 1. The summed E-state index contributed by atoms with van der Waals surface area (Å²) in [6.07, 6.45) is 0.461. The van der Waals surface area contributed by atoms with Crippen LogP contribution in [0.5, 0.6) is 5.75 Å². The third kappa shape index (κ3) is 5.28. The molecule has 0 bridgehead atoms. The van der Waals surface area contributed by atoms with Gasteiger partial charge in [0.25, 0.3) is 0 Å². The summed E-state index contributed by atoms with van der Waals surface area (Å²) in [5.41, 5.74) is 6.79. The molecule has 0 spiro atoms. The van der Waals surface area contributed by atoms with E-state index in [1.54, 1.807) is 24.3 Å². The van der Waals surface area contributed by atoms with E-state index in [0.717, 1.165) is 5.56 Å². The smallest absolute Gasteiger partial charge is 0.237 e. The number of nitrogens with one attached hydrogen (secondary N) is 1. The average molecular weight is 265 g/mol. The van der Waals surface area contributed by atoms with E-state index in [1.165, 1.54) is 0 Å². The van der Waals surface area contributed by atoms with Gasteiger partial charge >= 0.3 is 0 Å². The maximum atomic E-state index is 11.8. The monoisotopic (exact) mass is 265 g/mol. The van der Waals surface area contributed by atoms with Gasteiger partial charge in [-0.15, -0.1) is 0 Å². The molecule has 0 aromatic heterocycles. The molecule has 19 heavy (non-hydrogen) atoms. The molecule has 5 heteroatoms. The van der Waals surface area contributed by atoms with E-state index < -0.39 is 6.04 Å². The molecule has 2 atom stereocenters. The fourth-order valence-electron chi connectivity index (χ4n) is 1.54. The van der Waals surface area contributed by atoms with E-state index in [0.29, 0.717) is 13.0 Å². The van der Waals surface area contributed by atoms with Gasteiger partial charge in [0.1, 0.15) is 5.75 Å². The lowest BCUT2D eigenvalue weighted by molar-refractivity contribution is -0.122. The van der Waals surface area contributed by atoms with E-state index in [2.05, 4.69) is 5.32 Å². The minimum Gasteiger partial charge on any atom is -0.508 e. The maximum absolute atomic E-state index is 11.8. The second-order valence-corrected chi connectivity index (χ2v) is 5.03. The van der Waals surface area contributed by atoms with Crippen LogP contribution in [0.15, 0.2) is 24.3 Å². The molecular formula is C14H23N3O2. The first-order valence-electron chi connectivity index (χ1n) is 6.37. The number of carbonyl (C=O) groups is 1. The SMILES string of the molecule is CC(CNC(=O)[C@@H](N)Cc1ccc(O)cc1)N(C)C. The van der Waals surface area contributed by atoms with Crippen LogP contribution in [0.25, 0.3) is 0 Å². The van der Waals surface area contributed by atoms with Gasteiger partial charge in [-0.2, -0.15) is 0 Å². The van der Waals surface area contributed by atoms with Crippen molar-refractivity contribution in [2.24, 2.45) is 5.73 Å². The van der Waals surface area contributed by atoms with Gasteiger partial charge < -0.3 is 21.1 Å². The second-order valence-electron chi connectivity index (χ2n) is 5.03. The van der Waals surface area contributed by atoms with Gasteiger partial charge in [0.15, 0.2) is 0 Å². The van der Waals surface area contributed by atoms with Crippen LogP contribution in [0.3, 0.4) is 0 Å². The van der Waals surface area contributed by atoms with Gasteiger partial charge in [-0.1, -0.05) is 12.1 Å². The van der Waals surface area contributed by atoms with Crippen molar-refractivity contribution in [2.75, 3.05) is 20.6 Å². The van der Waals surface area contributed by atoms with Crippen LogP contribution in [0.2, 0.25) is 0 Å². The van der Waals surface area contributed by atoms with E-state index in [-0.39, 0.29) is 17.7 Å². The van der Waals surface area contributed by atoms with E-state index in [9.17, 15) is 9.90 Å². The van der Waals surface area contributed by atoms with Crippen molar-refractivity contribution >= 4 is 5.91 Å². The Morgan fingerprint density at radius 2 is 1.95 bits per heavy atom. The molecule has 5 nitrogen and oxygen atoms in total. The number of amides is 1. The normalized spacial score (nSPS) is 14.2. The molecule has 4 N–H and O–H groups in total. The predicted molar refractivity (Wildman–Crippen MR) is 75.9 cm³/mol. The van der Waals surface area contributed by atoms with Gasteiger partial charge in [0.05, 0.1) is 6.04 Å². The zero-order valence-corrected chi connectivity index (χ0v) is 11.8. The Bertz CT molecular complexity index is 404. The Morgan fingerprint density at radius 1 is 1.37 bits per heavy atom. The zero-order chi connectivity index (χ0) is 14.4. The predicted octanol–water partition coefficient (Wildman–Crippen LogP) is 0.328. The number of hydrogen-bond acceptors (Lipinski definition) is 4. The molecule has 0 aliphatic carbocycles. The lowest BCUT2D eigenvalue weighted by Crippen LogP contribution is -2.46. The van der Waals surface area contributed by atoms with Crippen LogP contribution in [0, 0.1) is 0 Å². The first-order chi connectivity index (χ1) is 8.90. The van der Waals surface area contributed by atoms with Crippen molar-refractivity contribution in [1.82, 2.24) is 10.2 Å². The van der Waals surface area contributed by atoms with Crippen LogP contribution in [0.1, 0.15) is 12.5 Å². The first-order valence-corrected chi connectivity index (χ1v) is 6.37.